The summed E-state index contributed by atoms with van der Waals surface area (Å²) < 4.78 is 5.92. The average Bonchev–Trinajstić information content (AvgIpc) is 2.36. The zero-order valence-corrected chi connectivity index (χ0v) is 12.2. The minimum Gasteiger partial charge on any atom is -0.394 e. The predicted molar refractivity (Wildman–Crippen MR) is 73.6 cm³/mol. The van der Waals surface area contributed by atoms with Crippen LogP contribution in [0, 0.1) is 5.92 Å². The van der Waals surface area contributed by atoms with Crippen molar-refractivity contribution in [2.75, 3.05) is 19.7 Å². The standard InChI is InChI=1S/C15H29NO2/c1-4-12-7-5-6-8-14(12)16-9-13(10-17)18-15(2,3)11-16/h12-14,17H,4-11H2,1-3H3. The first-order chi connectivity index (χ1) is 8.55. The lowest BCUT2D eigenvalue weighted by Crippen LogP contribution is -2.58. The molecule has 0 aromatic rings. The van der Waals surface area contributed by atoms with E-state index in [1.165, 1.54) is 32.1 Å². The van der Waals surface area contributed by atoms with Crippen molar-refractivity contribution in [3.8, 4) is 0 Å². The molecule has 1 N–H and O–H groups in total. The van der Waals surface area contributed by atoms with Gasteiger partial charge in [0.05, 0.1) is 18.3 Å². The van der Waals surface area contributed by atoms with Crippen molar-refractivity contribution in [2.24, 2.45) is 5.92 Å². The molecule has 0 amide bonds. The van der Waals surface area contributed by atoms with Gasteiger partial charge in [-0.2, -0.15) is 0 Å². The van der Waals surface area contributed by atoms with Crippen molar-refractivity contribution in [2.45, 2.75) is 70.6 Å². The lowest BCUT2D eigenvalue weighted by molar-refractivity contribution is -0.163. The van der Waals surface area contributed by atoms with E-state index in [1.54, 1.807) is 0 Å². The van der Waals surface area contributed by atoms with Gasteiger partial charge < -0.3 is 9.84 Å². The van der Waals surface area contributed by atoms with Gasteiger partial charge in [-0.3, -0.25) is 4.90 Å². The Morgan fingerprint density at radius 1 is 1.28 bits per heavy atom. The summed E-state index contributed by atoms with van der Waals surface area (Å²) in [4.78, 5) is 2.59. The molecule has 0 radical (unpaired) electrons. The molecule has 3 atom stereocenters. The molecule has 0 aromatic carbocycles. The maximum atomic E-state index is 9.41. The summed E-state index contributed by atoms with van der Waals surface area (Å²) in [6.45, 7) is 8.66. The fourth-order valence-corrected chi connectivity index (χ4v) is 3.83. The van der Waals surface area contributed by atoms with Gasteiger partial charge in [-0.1, -0.05) is 26.2 Å². The number of morpholine rings is 1. The van der Waals surface area contributed by atoms with E-state index in [0.717, 1.165) is 19.0 Å². The van der Waals surface area contributed by atoms with E-state index in [2.05, 4.69) is 25.7 Å². The molecule has 0 spiro atoms. The first-order valence-corrected chi connectivity index (χ1v) is 7.58. The molecule has 3 nitrogen and oxygen atoms in total. The lowest BCUT2D eigenvalue weighted by Gasteiger charge is -2.48. The zero-order chi connectivity index (χ0) is 13.2. The SMILES string of the molecule is CCC1CCCCC1N1CC(CO)OC(C)(C)C1. The Hall–Kier alpha value is -0.120. The van der Waals surface area contributed by atoms with E-state index in [-0.39, 0.29) is 18.3 Å². The van der Waals surface area contributed by atoms with Gasteiger partial charge in [-0.15, -0.1) is 0 Å². The van der Waals surface area contributed by atoms with Crippen molar-refractivity contribution in [1.29, 1.82) is 0 Å². The average molecular weight is 255 g/mol. The molecule has 2 fully saturated rings. The fourth-order valence-electron chi connectivity index (χ4n) is 3.83. The van der Waals surface area contributed by atoms with Crippen LogP contribution in [0.4, 0.5) is 0 Å². The minimum absolute atomic E-state index is 0.00631. The van der Waals surface area contributed by atoms with E-state index >= 15 is 0 Å². The first-order valence-electron chi connectivity index (χ1n) is 7.58. The molecule has 1 saturated carbocycles. The number of hydrogen-bond acceptors (Lipinski definition) is 3. The van der Waals surface area contributed by atoms with Gasteiger partial charge in [0.25, 0.3) is 0 Å². The molecular formula is C15H29NO2. The highest BCUT2D eigenvalue weighted by Gasteiger charge is 2.38. The molecule has 1 saturated heterocycles. The van der Waals surface area contributed by atoms with Crippen molar-refractivity contribution < 1.29 is 9.84 Å². The molecule has 3 unspecified atom stereocenters. The summed E-state index contributed by atoms with van der Waals surface area (Å²) in [5.74, 6) is 0.840. The Morgan fingerprint density at radius 3 is 2.67 bits per heavy atom. The highest BCUT2D eigenvalue weighted by Crippen LogP contribution is 2.34. The quantitative estimate of drug-likeness (QED) is 0.840. The molecule has 0 bridgehead atoms. The van der Waals surface area contributed by atoms with E-state index in [1.807, 2.05) is 0 Å². The number of aliphatic hydroxyl groups excluding tert-OH is 1. The summed E-state index contributed by atoms with van der Waals surface area (Å²) in [5, 5.41) is 9.41. The molecule has 1 aliphatic carbocycles. The van der Waals surface area contributed by atoms with Crippen LogP contribution in [0.5, 0.6) is 0 Å². The normalized spacial score (nSPS) is 37.7. The van der Waals surface area contributed by atoms with Gasteiger partial charge in [-0.25, -0.2) is 0 Å². The molecule has 1 heterocycles. The third-order valence-electron chi connectivity index (χ3n) is 4.57. The maximum absolute atomic E-state index is 9.41. The summed E-state index contributed by atoms with van der Waals surface area (Å²) in [5.41, 5.74) is -0.124. The molecule has 1 aliphatic heterocycles. The van der Waals surface area contributed by atoms with Crippen molar-refractivity contribution in [1.82, 2.24) is 4.90 Å². The molecule has 18 heavy (non-hydrogen) atoms. The van der Waals surface area contributed by atoms with E-state index in [9.17, 15) is 5.11 Å². The van der Waals surface area contributed by atoms with Crippen LogP contribution >= 0.6 is 0 Å². The molecule has 106 valence electrons. The number of rotatable bonds is 3. The summed E-state index contributed by atoms with van der Waals surface area (Å²) in [6, 6.07) is 0.709. The predicted octanol–water partition coefficient (Wildman–Crippen LogP) is 2.43. The van der Waals surface area contributed by atoms with Crippen LogP contribution < -0.4 is 0 Å². The Morgan fingerprint density at radius 2 is 2.00 bits per heavy atom. The van der Waals surface area contributed by atoms with E-state index in [4.69, 9.17) is 4.74 Å². The highest BCUT2D eigenvalue weighted by molar-refractivity contribution is 4.91. The lowest BCUT2D eigenvalue weighted by atomic mass is 9.81. The molecule has 0 aromatic heterocycles. The zero-order valence-electron chi connectivity index (χ0n) is 12.2. The monoisotopic (exact) mass is 255 g/mol. The van der Waals surface area contributed by atoms with Crippen LogP contribution in [0.15, 0.2) is 0 Å². The Labute approximate surface area is 112 Å². The van der Waals surface area contributed by atoms with Gasteiger partial charge in [0.15, 0.2) is 0 Å². The Balaban J connectivity index is 2.05. The highest BCUT2D eigenvalue weighted by atomic mass is 16.5. The van der Waals surface area contributed by atoms with Crippen LogP contribution in [0.2, 0.25) is 0 Å². The van der Waals surface area contributed by atoms with Gasteiger partial charge in [0.2, 0.25) is 0 Å². The van der Waals surface area contributed by atoms with Gasteiger partial charge >= 0.3 is 0 Å². The van der Waals surface area contributed by atoms with Crippen LogP contribution in [0.25, 0.3) is 0 Å². The summed E-state index contributed by atoms with van der Waals surface area (Å²) >= 11 is 0. The number of aliphatic hydroxyl groups is 1. The van der Waals surface area contributed by atoms with Gasteiger partial charge in [-0.05, 0) is 32.6 Å². The molecule has 2 aliphatic rings. The smallest absolute Gasteiger partial charge is 0.0940 e. The topological polar surface area (TPSA) is 32.7 Å². The number of ether oxygens (including phenoxy) is 1. The van der Waals surface area contributed by atoms with Crippen molar-refractivity contribution >= 4 is 0 Å². The Bertz CT molecular complexity index is 267. The maximum Gasteiger partial charge on any atom is 0.0940 e. The van der Waals surface area contributed by atoms with E-state index in [0.29, 0.717) is 6.04 Å². The minimum atomic E-state index is -0.124. The van der Waals surface area contributed by atoms with Crippen molar-refractivity contribution in [3.05, 3.63) is 0 Å². The molecular weight excluding hydrogens is 226 g/mol. The second-order valence-electron chi connectivity index (χ2n) is 6.63. The molecule has 3 heteroatoms. The van der Waals surface area contributed by atoms with Crippen LogP contribution in [-0.4, -0.2) is 47.4 Å². The third kappa shape index (κ3) is 3.25. The Kier molecular flexibility index (Phi) is 4.68. The largest absolute Gasteiger partial charge is 0.394 e. The number of nitrogens with zero attached hydrogens (tertiary/aromatic N) is 1. The number of hydrogen-bond donors (Lipinski definition) is 1. The van der Waals surface area contributed by atoms with E-state index < -0.39 is 0 Å². The van der Waals surface area contributed by atoms with Crippen LogP contribution in [0.1, 0.15) is 52.9 Å². The third-order valence-corrected chi connectivity index (χ3v) is 4.57. The molecule has 2 rings (SSSR count). The van der Waals surface area contributed by atoms with Crippen molar-refractivity contribution in [3.63, 3.8) is 0 Å². The second kappa shape index (κ2) is 5.89. The second-order valence-corrected chi connectivity index (χ2v) is 6.63. The van der Waals surface area contributed by atoms with Gasteiger partial charge in [0, 0.05) is 19.1 Å². The fraction of sp³-hybridized carbons (Fsp3) is 1.00. The first kappa shape index (κ1) is 14.3. The summed E-state index contributed by atoms with van der Waals surface area (Å²) in [6.07, 6.45) is 6.74. The van der Waals surface area contributed by atoms with Crippen LogP contribution in [-0.2, 0) is 4.74 Å². The summed E-state index contributed by atoms with van der Waals surface area (Å²) in [7, 11) is 0. The van der Waals surface area contributed by atoms with Gasteiger partial charge in [0.1, 0.15) is 0 Å². The van der Waals surface area contributed by atoms with Crippen LogP contribution in [0.3, 0.4) is 0 Å².